The minimum Gasteiger partial charge on any atom is -0.478 e. The Morgan fingerprint density at radius 3 is 2.44 bits per heavy atom. The zero-order valence-electron chi connectivity index (χ0n) is 22.3. The summed E-state index contributed by atoms with van der Waals surface area (Å²) in [5.41, 5.74) is 2.84. The van der Waals surface area contributed by atoms with Crippen LogP contribution in [0.15, 0.2) is 34.9 Å². The molecule has 0 radical (unpaired) electrons. The van der Waals surface area contributed by atoms with Crippen LogP contribution in [0.5, 0.6) is 0 Å². The summed E-state index contributed by atoms with van der Waals surface area (Å²) in [6, 6.07) is 0. The molecule has 1 unspecified atom stereocenters. The van der Waals surface area contributed by atoms with Crippen LogP contribution in [0, 0.1) is 39.4 Å². The van der Waals surface area contributed by atoms with Gasteiger partial charge in [-0.05, 0) is 97.0 Å². The largest absolute Gasteiger partial charge is 0.478 e. The van der Waals surface area contributed by atoms with Crippen LogP contribution < -0.4 is 0 Å². The summed E-state index contributed by atoms with van der Waals surface area (Å²) < 4.78 is 0. The second kappa shape index (κ2) is 8.34. The summed E-state index contributed by atoms with van der Waals surface area (Å²) in [4.78, 5) is 11.1. The second-order valence-electron chi connectivity index (χ2n) is 13.2. The van der Waals surface area contributed by atoms with E-state index in [1.54, 1.807) is 6.92 Å². The SMILES string of the molecule is C/C(=C\CC[C@@H](C)[C@H]1C[C@H](O)[C@@]2(C)C3=CCC4C(C)(C)[C@@H](O)CC[C@]4(C)C3=CC[C@]12C)C(=O)O. The highest BCUT2D eigenvalue weighted by atomic mass is 16.4. The fourth-order valence-electron chi connectivity index (χ4n) is 8.79. The normalized spacial score (nSPS) is 44.3. The Balaban J connectivity index is 1.66. The molecule has 4 rings (SSSR count). The number of aliphatic hydroxyl groups excluding tert-OH is 2. The molecule has 0 saturated heterocycles. The maximum absolute atomic E-state index is 11.6. The van der Waals surface area contributed by atoms with Gasteiger partial charge in [-0.3, -0.25) is 0 Å². The van der Waals surface area contributed by atoms with Crippen LogP contribution in [0.2, 0.25) is 0 Å². The smallest absolute Gasteiger partial charge is 0.330 e. The third-order valence-electron chi connectivity index (χ3n) is 11.5. The molecule has 0 aliphatic heterocycles. The third kappa shape index (κ3) is 3.42. The lowest BCUT2D eigenvalue weighted by molar-refractivity contribution is -0.132. The van der Waals surface area contributed by atoms with Crippen molar-refractivity contribution in [2.75, 3.05) is 0 Å². The Morgan fingerprint density at radius 2 is 1.79 bits per heavy atom. The Labute approximate surface area is 206 Å². The van der Waals surface area contributed by atoms with Gasteiger partial charge in [-0.25, -0.2) is 4.79 Å². The van der Waals surface area contributed by atoms with Crippen molar-refractivity contribution in [3.05, 3.63) is 34.9 Å². The molecule has 0 bridgehead atoms. The highest BCUT2D eigenvalue weighted by Gasteiger charge is 2.66. The summed E-state index contributed by atoms with van der Waals surface area (Å²) in [5, 5.41) is 31.6. The number of carboxylic acids is 1. The van der Waals surface area contributed by atoms with Crippen molar-refractivity contribution in [1.29, 1.82) is 0 Å². The molecule has 0 amide bonds. The van der Waals surface area contributed by atoms with Crippen LogP contribution in [0.1, 0.15) is 93.4 Å². The molecule has 3 N–H and O–H groups in total. The number of carboxylic acid groups (broad SMARTS) is 1. The maximum atomic E-state index is 11.6. The van der Waals surface area contributed by atoms with E-state index in [-0.39, 0.29) is 33.9 Å². The van der Waals surface area contributed by atoms with E-state index in [9.17, 15) is 15.0 Å². The van der Waals surface area contributed by atoms with Crippen molar-refractivity contribution in [2.24, 2.45) is 39.4 Å². The van der Waals surface area contributed by atoms with Gasteiger partial charge in [0.2, 0.25) is 0 Å². The van der Waals surface area contributed by atoms with Crippen LogP contribution in [0.3, 0.4) is 0 Å². The Hall–Kier alpha value is -1.39. The van der Waals surface area contributed by atoms with Crippen LogP contribution >= 0.6 is 0 Å². The zero-order valence-corrected chi connectivity index (χ0v) is 22.3. The number of hydrogen-bond acceptors (Lipinski definition) is 3. The van der Waals surface area contributed by atoms with Gasteiger partial charge in [-0.1, -0.05) is 59.8 Å². The zero-order chi connectivity index (χ0) is 25.3. The highest BCUT2D eigenvalue weighted by molar-refractivity contribution is 5.85. The number of aliphatic hydroxyl groups is 2. The fourth-order valence-corrected chi connectivity index (χ4v) is 8.79. The van der Waals surface area contributed by atoms with E-state index in [2.05, 4.69) is 53.7 Å². The summed E-state index contributed by atoms with van der Waals surface area (Å²) in [6.45, 7) is 15.5. The van der Waals surface area contributed by atoms with Gasteiger partial charge in [0.25, 0.3) is 0 Å². The van der Waals surface area contributed by atoms with E-state index in [4.69, 9.17) is 5.11 Å². The van der Waals surface area contributed by atoms with Gasteiger partial charge in [-0.15, -0.1) is 0 Å². The molecule has 4 aliphatic rings. The lowest BCUT2D eigenvalue weighted by atomic mass is 9.44. The number of fused-ring (bicyclic) bond motifs is 5. The Morgan fingerprint density at radius 1 is 1.12 bits per heavy atom. The van der Waals surface area contributed by atoms with E-state index in [0.29, 0.717) is 23.3 Å². The van der Waals surface area contributed by atoms with Gasteiger partial charge in [0.15, 0.2) is 0 Å². The molecule has 0 aromatic heterocycles. The van der Waals surface area contributed by atoms with E-state index in [0.717, 1.165) is 44.9 Å². The van der Waals surface area contributed by atoms with Crippen molar-refractivity contribution < 1.29 is 20.1 Å². The first-order chi connectivity index (χ1) is 15.7. The minimum atomic E-state index is -0.845. The fraction of sp³-hybridized carbons (Fsp3) is 0.767. The number of hydrogen-bond donors (Lipinski definition) is 3. The number of allylic oxidation sites excluding steroid dienone is 4. The lowest BCUT2D eigenvalue weighted by Crippen LogP contribution is -2.55. The molecule has 8 atom stereocenters. The van der Waals surface area contributed by atoms with Crippen molar-refractivity contribution in [3.8, 4) is 0 Å². The number of aliphatic carboxylic acids is 1. The molecule has 4 aliphatic carbocycles. The molecule has 0 spiro atoms. The van der Waals surface area contributed by atoms with Crippen LogP contribution in [-0.4, -0.2) is 33.5 Å². The molecular weight excluding hydrogens is 424 g/mol. The van der Waals surface area contributed by atoms with Crippen molar-refractivity contribution in [2.45, 2.75) is 106 Å². The molecule has 190 valence electrons. The Kier molecular flexibility index (Phi) is 6.30. The first kappa shape index (κ1) is 25.7. The summed E-state index contributed by atoms with van der Waals surface area (Å²) in [7, 11) is 0. The van der Waals surface area contributed by atoms with Crippen LogP contribution in [0.4, 0.5) is 0 Å². The third-order valence-corrected chi connectivity index (χ3v) is 11.5. The van der Waals surface area contributed by atoms with Crippen LogP contribution in [-0.2, 0) is 4.79 Å². The predicted molar refractivity (Wildman–Crippen MR) is 136 cm³/mol. The molecule has 4 nitrogen and oxygen atoms in total. The molecule has 0 aromatic carbocycles. The molecule has 0 heterocycles. The summed E-state index contributed by atoms with van der Waals surface area (Å²) >= 11 is 0. The van der Waals surface area contributed by atoms with E-state index in [1.807, 2.05) is 6.08 Å². The first-order valence-electron chi connectivity index (χ1n) is 13.4. The quantitative estimate of drug-likeness (QED) is 0.413. The van der Waals surface area contributed by atoms with Crippen molar-refractivity contribution >= 4 is 5.97 Å². The first-order valence-corrected chi connectivity index (χ1v) is 13.4. The summed E-state index contributed by atoms with van der Waals surface area (Å²) in [6.07, 6.45) is 12.4. The predicted octanol–water partition coefficient (Wildman–Crippen LogP) is 6.29. The molecule has 0 aromatic rings. The van der Waals surface area contributed by atoms with E-state index < -0.39 is 5.97 Å². The molecule has 4 heteroatoms. The van der Waals surface area contributed by atoms with Gasteiger partial charge < -0.3 is 15.3 Å². The average Bonchev–Trinajstić information content (AvgIpc) is 2.98. The van der Waals surface area contributed by atoms with Gasteiger partial charge >= 0.3 is 5.97 Å². The summed E-state index contributed by atoms with van der Waals surface area (Å²) in [5.74, 6) is 0.359. The van der Waals surface area contributed by atoms with Gasteiger partial charge in [0.05, 0.1) is 12.2 Å². The van der Waals surface area contributed by atoms with E-state index >= 15 is 0 Å². The van der Waals surface area contributed by atoms with Crippen molar-refractivity contribution in [1.82, 2.24) is 0 Å². The average molecular weight is 471 g/mol. The van der Waals surface area contributed by atoms with Gasteiger partial charge in [-0.2, -0.15) is 0 Å². The van der Waals surface area contributed by atoms with Crippen LogP contribution in [0.25, 0.3) is 0 Å². The highest BCUT2D eigenvalue weighted by Crippen LogP contribution is 2.71. The van der Waals surface area contributed by atoms with Gasteiger partial charge in [0.1, 0.15) is 0 Å². The topological polar surface area (TPSA) is 77.8 Å². The lowest BCUT2D eigenvalue weighted by Gasteiger charge is -2.61. The Bertz CT molecular complexity index is 941. The van der Waals surface area contributed by atoms with Gasteiger partial charge in [0, 0.05) is 11.0 Å². The maximum Gasteiger partial charge on any atom is 0.330 e. The van der Waals surface area contributed by atoms with Crippen molar-refractivity contribution in [3.63, 3.8) is 0 Å². The standard InChI is InChI=1S/C30H46O4/c1-18(9-8-10-19(2)26(33)34)22-17-25(32)30(7)21-11-12-23-27(3,4)24(31)14-15-28(23,5)20(21)13-16-29(22,30)6/h10-11,13,18,22-25,31-32H,8-9,12,14-17H2,1-7H3,(H,33,34)/b19-10+/t18-,22-,23?,24+,25+,28-,29-,30-/m1/s1. The second-order valence-corrected chi connectivity index (χ2v) is 13.2. The monoisotopic (exact) mass is 470 g/mol. The number of rotatable bonds is 5. The molecular formula is C30H46O4. The molecule has 2 fully saturated rings. The number of carbonyl (C=O) groups is 1. The minimum absolute atomic E-state index is 0.0282. The molecule has 34 heavy (non-hydrogen) atoms. The molecule has 2 saturated carbocycles. The van der Waals surface area contributed by atoms with E-state index in [1.165, 1.54) is 11.1 Å².